The Morgan fingerprint density at radius 3 is 2.71 bits per heavy atom. The van der Waals surface area contributed by atoms with Crippen LogP contribution in [0.3, 0.4) is 0 Å². The van der Waals surface area contributed by atoms with Crippen molar-refractivity contribution < 1.29 is 4.74 Å². The lowest BCUT2D eigenvalue weighted by molar-refractivity contribution is 0.0814. The molecule has 0 heterocycles. The highest BCUT2D eigenvalue weighted by Crippen LogP contribution is 2.59. The molecule has 0 saturated heterocycles. The molecule has 0 spiro atoms. The number of thiol groups is 1. The van der Waals surface area contributed by atoms with Crippen molar-refractivity contribution in [2.24, 2.45) is 23.7 Å². The molecule has 3 fully saturated rings. The van der Waals surface area contributed by atoms with Crippen molar-refractivity contribution in [3.63, 3.8) is 0 Å². The van der Waals surface area contributed by atoms with Crippen LogP contribution in [0.4, 0.5) is 0 Å². The third-order valence-electron chi connectivity index (χ3n) is 4.62. The fraction of sp³-hybridized carbons (Fsp3) is 0.909. The molecule has 0 radical (unpaired) electrons. The van der Waals surface area contributed by atoms with E-state index in [9.17, 15) is 0 Å². The van der Waals surface area contributed by atoms with Crippen LogP contribution in [0.1, 0.15) is 32.1 Å². The van der Waals surface area contributed by atoms with Gasteiger partial charge in [-0.1, -0.05) is 19.0 Å². The third-order valence-corrected chi connectivity index (χ3v) is 4.82. The lowest BCUT2D eigenvalue weighted by atomic mass is 9.80. The van der Waals surface area contributed by atoms with Gasteiger partial charge >= 0.3 is 0 Å². The largest absolute Gasteiger partial charge is 0.475 e. The molecular weight excluding hydrogens is 212 g/mol. The van der Waals surface area contributed by atoms with E-state index in [1.807, 2.05) is 0 Å². The lowest BCUT2D eigenvalue weighted by Crippen LogP contribution is -2.30. The summed E-state index contributed by atoms with van der Waals surface area (Å²) in [6.45, 7) is 0. The van der Waals surface area contributed by atoms with Crippen molar-refractivity contribution >= 4 is 29.2 Å². The number of rotatable bonds is 1. The van der Waals surface area contributed by atoms with Gasteiger partial charge in [0.1, 0.15) is 6.10 Å². The molecule has 3 rings (SSSR count). The Kier molecular flexibility index (Phi) is 2.28. The van der Waals surface area contributed by atoms with E-state index in [0.29, 0.717) is 10.5 Å². The summed E-state index contributed by atoms with van der Waals surface area (Å²) in [4.78, 5) is 0. The molecule has 0 aromatic heterocycles. The van der Waals surface area contributed by atoms with E-state index >= 15 is 0 Å². The van der Waals surface area contributed by atoms with E-state index in [4.69, 9.17) is 17.0 Å². The summed E-state index contributed by atoms with van der Waals surface area (Å²) in [5.74, 6) is 3.74. The van der Waals surface area contributed by atoms with E-state index in [2.05, 4.69) is 12.6 Å². The summed E-state index contributed by atoms with van der Waals surface area (Å²) in [6.07, 6.45) is 7.41. The van der Waals surface area contributed by atoms with E-state index in [0.717, 1.165) is 23.7 Å². The fourth-order valence-corrected chi connectivity index (χ4v) is 4.53. The van der Waals surface area contributed by atoms with Crippen molar-refractivity contribution in [1.29, 1.82) is 0 Å². The molecular formula is C11H16OS2. The van der Waals surface area contributed by atoms with Crippen LogP contribution in [0.25, 0.3) is 0 Å². The summed E-state index contributed by atoms with van der Waals surface area (Å²) in [5.41, 5.74) is 0. The monoisotopic (exact) mass is 228 g/mol. The first-order valence-corrected chi connectivity index (χ1v) is 6.51. The Hall–Kier alpha value is 0.240. The molecule has 0 aliphatic heterocycles. The van der Waals surface area contributed by atoms with Crippen LogP contribution in [-0.2, 0) is 4.74 Å². The Balaban J connectivity index is 1.73. The minimum atomic E-state index is 0.407. The highest BCUT2D eigenvalue weighted by atomic mass is 32.1. The van der Waals surface area contributed by atoms with Crippen molar-refractivity contribution in [2.45, 2.75) is 38.2 Å². The second-order valence-electron chi connectivity index (χ2n) is 5.08. The zero-order valence-electron chi connectivity index (χ0n) is 8.19. The second kappa shape index (κ2) is 3.38. The molecule has 2 bridgehead atoms. The number of hydrogen-bond donors (Lipinski definition) is 1. The van der Waals surface area contributed by atoms with Crippen LogP contribution in [0.15, 0.2) is 0 Å². The van der Waals surface area contributed by atoms with Gasteiger partial charge in [-0.2, -0.15) is 0 Å². The van der Waals surface area contributed by atoms with Crippen LogP contribution < -0.4 is 0 Å². The molecule has 14 heavy (non-hydrogen) atoms. The first-order chi connectivity index (χ1) is 6.75. The minimum Gasteiger partial charge on any atom is -0.475 e. The predicted molar refractivity (Wildman–Crippen MR) is 63.5 cm³/mol. The second-order valence-corrected chi connectivity index (χ2v) is 6.16. The van der Waals surface area contributed by atoms with Crippen LogP contribution in [-0.4, -0.2) is 10.5 Å². The van der Waals surface area contributed by atoms with Crippen molar-refractivity contribution in [3.8, 4) is 0 Å². The summed E-state index contributed by atoms with van der Waals surface area (Å²) in [5, 5.41) is 0. The quantitative estimate of drug-likeness (QED) is 0.545. The topological polar surface area (TPSA) is 9.23 Å². The van der Waals surface area contributed by atoms with Crippen molar-refractivity contribution in [3.05, 3.63) is 0 Å². The minimum absolute atomic E-state index is 0.407. The Bertz CT molecular complexity index is 266. The number of ether oxygens (including phenoxy) is 1. The maximum Gasteiger partial charge on any atom is 0.217 e. The fourth-order valence-electron chi connectivity index (χ4n) is 4.27. The maximum absolute atomic E-state index is 5.65. The van der Waals surface area contributed by atoms with Gasteiger partial charge < -0.3 is 4.74 Å². The van der Waals surface area contributed by atoms with Crippen LogP contribution in [0, 0.1) is 23.7 Å². The average Bonchev–Trinajstić information content (AvgIpc) is 2.68. The molecule has 5 atom stereocenters. The summed E-state index contributed by atoms with van der Waals surface area (Å²) in [6, 6.07) is 0. The van der Waals surface area contributed by atoms with Crippen LogP contribution in [0.5, 0.6) is 0 Å². The van der Waals surface area contributed by atoms with E-state index < -0.39 is 0 Å². The number of thiocarbonyl (C=S) groups is 1. The van der Waals surface area contributed by atoms with E-state index in [-0.39, 0.29) is 0 Å². The zero-order valence-corrected chi connectivity index (χ0v) is 9.90. The van der Waals surface area contributed by atoms with Crippen molar-refractivity contribution in [1.82, 2.24) is 0 Å². The smallest absolute Gasteiger partial charge is 0.217 e. The van der Waals surface area contributed by atoms with E-state index in [1.165, 1.54) is 32.1 Å². The molecule has 0 aromatic carbocycles. The lowest BCUT2D eigenvalue weighted by Gasteiger charge is -2.31. The van der Waals surface area contributed by atoms with Crippen LogP contribution >= 0.6 is 24.8 Å². The molecule has 1 nitrogen and oxygen atoms in total. The predicted octanol–water partition coefficient (Wildman–Crippen LogP) is 3.04. The highest BCUT2D eigenvalue weighted by Gasteiger charge is 2.54. The molecule has 0 aromatic rings. The Labute approximate surface area is 96.0 Å². The van der Waals surface area contributed by atoms with Gasteiger partial charge in [0, 0.05) is 0 Å². The molecule has 3 saturated carbocycles. The van der Waals surface area contributed by atoms with Crippen molar-refractivity contribution in [2.75, 3.05) is 0 Å². The van der Waals surface area contributed by atoms with Gasteiger partial charge in [0.2, 0.25) is 4.38 Å². The maximum atomic E-state index is 5.65. The van der Waals surface area contributed by atoms with Crippen LogP contribution in [0.2, 0.25) is 0 Å². The van der Waals surface area contributed by atoms with Gasteiger partial charge in [-0.15, -0.1) is 0 Å². The normalized spacial score (nSPS) is 49.4. The summed E-state index contributed by atoms with van der Waals surface area (Å²) >= 11 is 8.98. The Morgan fingerprint density at radius 2 is 1.93 bits per heavy atom. The molecule has 3 heteroatoms. The van der Waals surface area contributed by atoms with Gasteiger partial charge in [0.25, 0.3) is 0 Å². The SMILES string of the molecule is S=C(S)O[C@H]1C[C@H]2C[C@@H]1[C@@H]1CCCC21. The van der Waals surface area contributed by atoms with Gasteiger partial charge in [-0.05, 0) is 61.6 Å². The first-order valence-electron chi connectivity index (χ1n) is 5.65. The van der Waals surface area contributed by atoms with E-state index in [1.54, 1.807) is 0 Å². The average molecular weight is 228 g/mol. The zero-order chi connectivity index (χ0) is 9.71. The standard InChI is InChI=1S/C11H16OS2/c13-11(14)12-10-5-6-4-9(10)8-3-1-2-7(6)8/h6-10H,1-5H2,(H,13,14)/t6-,7?,8-,9-,10+/m1/s1. The summed E-state index contributed by atoms with van der Waals surface area (Å²) < 4.78 is 6.09. The third kappa shape index (κ3) is 1.32. The molecule has 0 N–H and O–H groups in total. The number of fused-ring (bicyclic) bond motifs is 5. The van der Waals surface area contributed by atoms with Gasteiger partial charge in [0.05, 0.1) is 0 Å². The number of hydrogen-bond acceptors (Lipinski definition) is 2. The molecule has 3 aliphatic carbocycles. The summed E-state index contributed by atoms with van der Waals surface area (Å²) in [7, 11) is 0. The molecule has 3 aliphatic rings. The van der Waals surface area contributed by atoms with Gasteiger partial charge in [-0.25, -0.2) is 0 Å². The van der Waals surface area contributed by atoms with Gasteiger partial charge in [-0.3, -0.25) is 0 Å². The Morgan fingerprint density at radius 1 is 1.14 bits per heavy atom. The van der Waals surface area contributed by atoms with Gasteiger partial charge in [0.15, 0.2) is 0 Å². The first kappa shape index (κ1) is 9.46. The molecule has 0 amide bonds. The molecule has 78 valence electrons. The highest BCUT2D eigenvalue weighted by molar-refractivity contribution is 8.10. The molecule has 1 unspecified atom stereocenters.